The summed E-state index contributed by atoms with van der Waals surface area (Å²) in [5, 5.41) is 13.8. The average molecular weight is 635 g/mol. The van der Waals surface area contributed by atoms with Crippen molar-refractivity contribution in [2.24, 2.45) is 0 Å². The third-order valence-corrected chi connectivity index (χ3v) is 4.95. The van der Waals surface area contributed by atoms with Crippen LogP contribution in [0.25, 0.3) is 0 Å². The monoisotopic (exact) mass is 633 g/mol. The number of hydrogen-bond donors (Lipinski definition) is 1. The quantitative estimate of drug-likeness (QED) is 0.163. The van der Waals surface area contributed by atoms with E-state index in [1.54, 1.807) is 11.8 Å². The number of aliphatic hydroxyl groups is 1. The van der Waals surface area contributed by atoms with Crippen LogP contribution in [0.5, 0.6) is 0 Å². The second-order valence-electron chi connectivity index (χ2n) is 6.79. The van der Waals surface area contributed by atoms with Crippen molar-refractivity contribution in [2.75, 3.05) is 6.26 Å². The number of aliphatic hydroxyl groups excluding tert-OH is 1. The van der Waals surface area contributed by atoms with Gasteiger partial charge in [0.1, 0.15) is 0 Å². The fourth-order valence-electron chi connectivity index (χ4n) is 2.99. The van der Waals surface area contributed by atoms with E-state index in [1.807, 2.05) is 12.3 Å². The van der Waals surface area contributed by atoms with E-state index in [2.05, 4.69) is 36.6 Å². The predicted molar refractivity (Wildman–Crippen MR) is 126 cm³/mol. The number of unbranched alkanes of at least 4 members (excludes halogenated alkanes) is 7. The number of thioether (sulfide) groups is 1. The van der Waals surface area contributed by atoms with Crippen molar-refractivity contribution in [3.8, 4) is 0 Å². The molecule has 6 heteroatoms. The van der Waals surface area contributed by atoms with E-state index in [9.17, 15) is 5.11 Å². The average Bonchev–Trinajstić information content (AvgIpc) is 2.67. The summed E-state index contributed by atoms with van der Waals surface area (Å²) in [4.78, 5) is 0. The fourth-order valence-corrected chi connectivity index (χ4v) is 3.49. The first-order chi connectivity index (χ1) is 13.5. The van der Waals surface area contributed by atoms with Crippen molar-refractivity contribution in [3.05, 3.63) is 46.9 Å². The molecule has 162 valence electrons. The van der Waals surface area contributed by atoms with Crippen molar-refractivity contribution in [2.45, 2.75) is 83.7 Å². The SMILES string of the molecule is CCCCCCCCCCC(=[C-]SC)C(O)CCc1ccccc1.[Cl][Ta]([Cl])[Cl]. The Labute approximate surface area is 195 Å². The number of aryl methyl sites for hydroxylation is 1. The number of hydrogen-bond acceptors (Lipinski definition) is 2. The third kappa shape index (κ3) is 18.9. The molecule has 0 radical (unpaired) electrons. The van der Waals surface area contributed by atoms with E-state index in [4.69, 9.17) is 27.6 Å². The number of benzene rings is 1. The predicted octanol–water partition coefficient (Wildman–Crippen LogP) is 8.63. The standard InChI is InChI=1S/C22H35OS.3ClH.Ta/c1-3-4-5-6-7-8-9-13-16-21(19-24-2)22(23)18-17-20-14-11-10-12-15-20;;;;/h10-12,14-15,22-23H,3-9,13,16-18H2,1-2H3;3*1H;/q-1;;;;+3/p-3. The Balaban J connectivity index is 0.00000165. The second kappa shape index (κ2) is 21.1. The number of halogens is 3. The van der Waals surface area contributed by atoms with Gasteiger partial charge in [-0.15, -0.1) is 0 Å². The summed E-state index contributed by atoms with van der Waals surface area (Å²) in [7, 11) is 15.0. The summed E-state index contributed by atoms with van der Waals surface area (Å²) in [5.74, 6) is 0. The Morgan fingerprint density at radius 2 is 1.54 bits per heavy atom. The molecule has 0 amide bonds. The molecule has 28 heavy (non-hydrogen) atoms. The van der Waals surface area contributed by atoms with Crippen molar-refractivity contribution >= 4 is 39.3 Å². The van der Waals surface area contributed by atoms with Crippen molar-refractivity contribution < 1.29 is 20.3 Å². The van der Waals surface area contributed by atoms with Crippen LogP contribution in [0.1, 0.15) is 76.7 Å². The summed E-state index contributed by atoms with van der Waals surface area (Å²) < 4.78 is 0. The van der Waals surface area contributed by atoms with Gasteiger partial charge in [0.15, 0.2) is 0 Å². The summed E-state index contributed by atoms with van der Waals surface area (Å²) in [6.45, 7) is 2.26. The van der Waals surface area contributed by atoms with Crippen LogP contribution in [0, 0.1) is 5.41 Å². The topological polar surface area (TPSA) is 20.2 Å². The zero-order chi connectivity index (χ0) is 21.0. The molecule has 1 atom stereocenters. The van der Waals surface area contributed by atoms with Crippen LogP contribution in [0.3, 0.4) is 0 Å². The molecule has 0 saturated heterocycles. The zero-order valence-corrected chi connectivity index (χ0v) is 23.5. The molecule has 0 aliphatic carbocycles. The first-order valence-corrected chi connectivity index (χ1v) is 23.3. The maximum absolute atomic E-state index is 10.5. The van der Waals surface area contributed by atoms with Crippen molar-refractivity contribution in [3.63, 3.8) is 0 Å². The van der Waals surface area contributed by atoms with Crippen LogP contribution in [-0.2, 0) is 21.6 Å². The Bertz CT molecular complexity index is 483. The van der Waals surface area contributed by atoms with Gasteiger partial charge in [0.25, 0.3) is 0 Å². The summed E-state index contributed by atoms with van der Waals surface area (Å²) in [6.07, 6.45) is 15.0. The van der Waals surface area contributed by atoms with Gasteiger partial charge in [-0.25, -0.2) is 5.57 Å². The van der Waals surface area contributed by atoms with E-state index in [0.717, 1.165) is 24.8 Å². The summed E-state index contributed by atoms with van der Waals surface area (Å²) in [6, 6.07) is 10.4. The molecule has 1 nitrogen and oxygen atoms in total. The van der Waals surface area contributed by atoms with Crippen molar-refractivity contribution in [1.82, 2.24) is 0 Å². The molecule has 0 aliphatic heterocycles. The molecule has 0 aliphatic rings. The van der Waals surface area contributed by atoms with Crippen LogP contribution in [0.2, 0.25) is 0 Å². The van der Waals surface area contributed by atoms with E-state index in [0.29, 0.717) is 0 Å². The Morgan fingerprint density at radius 1 is 1.00 bits per heavy atom. The molecule has 0 heterocycles. The molecule has 0 spiro atoms. The van der Waals surface area contributed by atoms with Gasteiger partial charge in [-0.2, -0.15) is 0 Å². The van der Waals surface area contributed by atoms with Crippen LogP contribution >= 0.6 is 39.3 Å². The minimum absolute atomic E-state index is 0.345. The molecular formula is C22H35Cl3OSTa-. The van der Waals surface area contributed by atoms with Gasteiger partial charge in [-0.05, 0) is 24.7 Å². The minimum atomic E-state index is -2.18. The van der Waals surface area contributed by atoms with E-state index in [-0.39, 0.29) is 6.10 Å². The second-order valence-corrected chi connectivity index (χ2v) is 21.3. The molecule has 1 aromatic carbocycles. The molecule has 1 N–H and O–H groups in total. The van der Waals surface area contributed by atoms with Crippen LogP contribution < -0.4 is 0 Å². The van der Waals surface area contributed by atoms with Gasteiger partial charge in [0.05, 0.1) is 0 Å². The number of rotatable bonds is 14. The molecular weight excluding hydrogens is 600 g/mol. The van der Waals surface area contributed by atoms with Gasteiger partial charge in [-0.1, -0.05) is 95.0 Å². The summed E-state index contributed by atoms with van der Waals surface area (Å²) >= 11 is -0.586. The molecule has 0 bridgehead atoms. The van der Waals surface area contributed by atoms with Gasteiger partial charge >= 0.3 is 42.8 Å². The van der Waals surface area contributed by atoms with Crippen LogP contribution in [-0.4, -0.2) is 17.5 Å². The Hall–Kier alpha value is 0.880. The van der Waals surface area contributed by atoms with Gasteiger partial charge in [0.2, 0.25) is 0 Å². The molecule has 1 aromatic rings. The molecule has 1 unspecified atom stereocenters. The zero-order valence-electron chi connectivity index (χ0n) is 17.2. The van der Waals surface area contributed by atoms with E-state index >= 15 is 0 Å². The first kappa shape index (κ1) is 28.9. The van der Waals surface area contributed by atoms with E-state index in [1.165, 1.54) is 56.9 Å². The van der Waals surface area contributed by atoms with Crippen molar-refractivity contribution in [1.29, 1.82) is 0 Å². The third-order valence-electron chi connectivity index (χ3n) is 4.48. The molecule has 0 fully saturated rings. The first-order valence-electron chi connectivity index (χ1n) is 10.1. The molecule has 1 rings (SSSR count). The Morgan fingerprint density at radius 3 is 2.07 bits per heavy atom. The molecule has 0 aromatic heterocycles. The van der Waals surface area contributed by atoms with Gasteiger partial charge < -0.3 is 22.3 Å². The van der Waals surface area contributed by atoms with Crippen LogP contribution in [0.15, 0.2) is 35.9 Å². The van der Waals surface area contributed by atoms with Gasteiger partial charge in [-0.3, -0.25) is 0 Å². The summed E-state index contributed by atoms with van der Waals surface area (Å²) in [5.41, 5.74) is 2.40. The van der Waals surface area contributed by atoms with Crippen LogP contribution in [0.4, 0.5) is 0 Å². The van der Waals surface area contributed by atoms with E-state index < -0.39 is 15.2 Å². The van der Waals surface area contributed by atoms with Gasteiger partial charge in [0, 0.05) is 6.10 Å². The fraction of sp³-hybridized carbons (Fsp3) is 0.636. The normalized spacial score (nSPS) is 12.6. The molecule has 0 saturated carbocycles. The Kier molecular flexibility index (Phi) is 21.8. The maximum atomic E-state index is 10.5.